The molecule has 0 aliphatic carbocycles. The quantitative estimate of drug-likeness (QED) is 0.776. The summed E-state index contributed by atoms with van der Waals surface area (Å²) >= 11 is 0. The van der Waals surface area contributed by atoms with Crippen molar-refractivity contribution >= 4 is 11.9 Å². The fraction of sp³-hybridized carbons (Fsp3) is 0.667. The first-order valence-electron chi connectivity index (χ1n) is 10.9. The topological polar surface area (TPSA) is 66.8 Å². The molecule has 1 aromatic carbocycles. The number of aliphatic hydroxyl groups is 1. The fourth-order valence-electron chi connectivity index (χ4n) is 4.29. The number of aliphatic hydroxyl groups excluding tert-OH is 1. The van der Waals surface area contributed by atoms with Gasteiger partial charge in [0, 0.05) is 32.4 Å². The van der Waals surface area contributed by atoms with Crippen molar-refractivity contribution in [1.82, 2.24) is 4.90 Å². The van der Waals surface area contributed by atoms with Gasteiger partial charge in [0.25, 0.3) is 0 Å². The number of rotatable bonds is 4. The molecular weight excluding hydrogens is 366 g/mol. The van der Waals surface area contributed by atoms with E-state index in [2.05, 4.69) is 13.8 Å². The Morgan fingerprint density at radius 3 is 2.28 bits per heavy atom. The highest BCUT2D eigenvalue weighted by Crippen LogP contribution is 2.26. The van der Waals surface area contributed by atoms with Crippen LogP contribution in [0.15, 0.2) is 30.3 Å². The van der Waals surface area contributed by atoms with Crippen LogP contribution < -0.4 is 0 Å². The smallest absolute Gasteiger partial charge is 0.329 e. The van der Waals surface area contributed by atoms with Gasteiger partial charge in [0.2, 0.25) is 5.91 Å². The predicted molar refractivity (Wildman–Crippen MR) is 114 cm³/mol. The van der Waals surface area contributed by atoms with E-state index >= 15 is 0 Å². The molecule has 0 saturated carbocycles. The number of carbonyl (C=O) groups excluding carboxylic acids is 2. The number of nitrogens with zero attached hydrogens (tertiary/aromatic N) is 1. The van der Waals surface area contributed by atoms with E-state index in [1.807, 2.05) is 37.3 Å². The number of carbonyl (C=O) groups is 2. The van der Waals surface area contributed by atoms with Gasteiger partial charge in [-0.15, -0.1) is 0 Å². The summed E-state index contributed by atoms with van der Waals surface area (Å²) in [6.07, 6.45) is 4.18. The molecule has 1 aliphatic rings. The fourth-order valence-corrected chi connectivity index (χ4v) is 4.29. The Labute approximate surface area is 175 Å². The highest BCUT2D eigenvalue weighted by atomic mass is 16.5. The second-order valence-corrected chi connectivity index (χ2v) is 8.89. The van der Waals surface area contributed by atoms with Crippen LogP contribution in [0.2, 0.25) is 0 Å². The van der Waals surface area contributed by atoms with Crippen molar-refractivity contribution in [2.45, 2.75) is 71.4 Å². The maximum Gasteiger partial charge on any atom is 0.329 e. The maximum atomic E-state index is 13.1. The number of hydrogen-bond donors (Lipinski definition) is 1. The number of amides is 1. The number of likely N-dealkylation sites (N-methyl/N-ethyl adjacent to an activating group) is 1. The second-order valence-electron chi connectivity index (χ2n) is 8.89. The van der Waals surface area contributed by atoms with Gasteiger partial charge in [0.1, 0.15) is 12.1 Å². The third kappa shape index (κ3) is 7.14. The van der Waals surface area contributed by atoms with Crippen molar-refractivity contribution in [3.63, 3.8) is 0 Å². The Hall–Kier alpha value is -1.88. The predicted octanol–water partition coefficient (Wildman–Crippen LogP) is 3.83. The Kier molecular flexibility index (Phi) is 9.15. The van der Waals surface area contributed by atoms with Crippen LogP contribution >= 0.6 is 0 Å². The molecule has 2 rings (SSSR count). The van der Waals surface area contributed by atoms with Crippen LogP contribution in [0, 0.1) is 17.8 Å². The lowest BCUT2D eigenvalue weighted by Gasteiger charge is -2.31. The third-order valence-electron chi connectivity index (χ3n) is 6.09. The number of benzene rings is 1. The van der Waals surface area contributed by atoms with Gasteiger partial charge < -0.3 is 14.7 Å². The molecule has 0 aromatic heterocycles. The van der Waals surface area contributed by atoms with Crippen LogP contribution in [-0.4, -0.2) is 47.7 Å². The van der Waals surface area contributed by atoms with Gasteiger partial charge in [0.15, 0.2) is 0 Å². The molecule has 0 spiro atoms. The summed E-state index contributed by atoms with van der Waals surface area (Å²) in [4.78, 5) is 27.8. The highest BCUT2D eigenvalue weighted by Gasteiger charge is 2.33. The van der Waals surface area contributed by atoms with Gasteiger partial charge in [-0.3, -0.25) is 4.79 Å². The van der Waals surface area contributed by atoms with Crippen LogP contribution in [-0.2, 0) is 20.7 Å². The van der Waals surface area contributed by atoms with Gasteiger partial charge in [-0.1, -0.05) is 63.9 Å². The molecule has 5 nitrogen and oxygen atoms in total. The second kappa shape index (κ2) is 11.3. The largest absolute Gasteiger partial charge is 0.461 e. The normalized spacial score (nSPS) is 30.1. The lowest BCUT2D eigenvalue weighted by atomic mass is 9.88. The summed E-state index contributed by atoms with van der Waals surface area (Å²) in [5, 5.41) is 9.44. The van der Waals surface area contributed by atoms with E-state index in [9.17, 15) is 14.7 Å². The van der Waals surface area contributed by atoms with Gasteiger partial charge in [0.05, 0.1) is 0 Å². The molecule has 162 valence electrons. The summed E-state index contributed by atoms with van der Waals surface area (Å²) in [6.45, 7) is 6.31. The van der Waals surface area contributed by atoms with Crippen LogP contribution in [0.3, 0.4) is 0 Å². The maximum absolute atomic E-state index is 13.1. The molecule has 1 N–H and O–H groups in total. The summed E-state index contributed by atoms with van der Waals surface area (Å²) < 4.78 is 5.85. The van der Waals surface area contributed by atoms with Gasteiger partial charge in [-0.2, -0.15) is 0 Å². The lowest BCUT2D eigenvalue weighted by molar-refractivity contribution is -0.161. The summed E-state index contributed by atoms with van der Waals surface area (Å²) in [6, 6.07) is 9.06. The van der Waals surface area contributed by atoms with E-state index < -0.39 is 6.04 Å². The summed E-state index contributed by atoms with van der Waals surface area (Å²) in [5.74, 6) is 0.325. The third-order valence-corrected chi connectivity index (χ3v) is 6.09. The Balaban J connectivity index is 2.30. The van der Waals surface area contributed by atoms with Crippen molar-refractivity contribution < 1.29 is 19.4 Å². The Bertz CT molecular complexity index is 648. The van der Waals surface area contributed by atoms with E-state index in [4.69, 9.17) is 4.74 Å². The average molecular weight is 404 g/mol. The van der Waals surface area contributed by atoms with Gasteiger partial charge in [-0.25, -0.2) is 4.79 Å². The molecule has 1 aromatic rings. The molecule has 29 heavy (non-hydrogen) atoms. The number of cyclic esters (lactones) is 1. The minimum atomic E-state index is -0.667. The molecular formula is C24H37NO4. The number of esters is 1. The molecule has 0 bridgehead atoms. The molecule has 1 saturated heterocycles. The SMILES string of the molecule is CC1CC[C@H](C)C[C@H](C)C(=O)N(C)[C@@H](Cc2ccccc2)C(=O)O[C@H](CCO)C1. The van der Waals surface area contributed by atoms with E-state index in [1.54, 1.807) is 11.9 Å². The van der Waals surface area contributed by atoms with Crippen molar-refractivity contribution in [2.75, 3.05) is 13.7 Å². The molecule has 5 atom stereocenters. The average Bonchev–Trinajstić information content (AvgIpc) is 2.69. The van der Waals surface area contributed by atoms with Crippen molar-refractivity contribution in [1.29, 1.82) is 0 Å². The van der Waals surface area contributed by atoms with Crippen LogP contribution in [0.1, 0.15) is 58.4 Å². The molecule has 1 heterocycles. The van der Waals surface area contributed by atoms with E-state index in [0.29, 0.717) is 24.7 Å². The zero-order valence-electron chi connectivity index (χ0n) is 18.3. The summed E-state index contributed by atoms with van der Waals surface area (Å²) in [5.41, 5.74) is 0.992. The van der Waals surface area contributed by atoms with Crippen LogP contribution in [0.4, 0.5) is 0 Å². The molecule has 1 unspecified atom stereocenters. The highest BCUT2D eigenvalue weighted by molar-refractivity contribution is 5.85. The zero-order valence-corrected chi connectivity index (χ0v) is 18.3. The first-order valence-corrected chi connectivity index (χ1v) is 10.9. The van der Waals surface area contributed by atoms with Crippen molar-refractivity contribution in [3.05, 3.63) is 35.9 Å². The first kappa shape index (κ1) is 23.4. The monoisotopic (exact) mass is 403 g/mol. The van der Waals surface area contributed by atoms with Gasteiger partial charge >= 0.3 is 5.97 Å². The van der Waals surface area contributed by atoms with Crippen LogP contribution in [0.5, 0.6) is 0 Å². The first-order chi connectivity index (χ1) is 13.8. The molecule has 5 heteroatoms. The number of ether oxygens (including phenoxy) is 1. The number of hydrogen-bond acceptors (Lipinski definition) is 4. The molecule has 1 aliphatic heterocycles. The lowest BCUT2D eigenvalue weighted by Crippen LogP contribution is -2.47. The summed E-state index contributed by atoms with van der Waals surface area (Å²) in [7, 11) is 1.71. The molecule has 1 fully saturated rings. The zero-order chi connectivity index (χ0) is 21.4. The van der Waals surface area contributed by atoms with E-state index in [0.717, 1.165) is 31.2 Å². The van der Waals surface area contributed by atoms with Gasteiger partial charge in [-0.05, 0) is 30.2 Å². The van der Waals surface area contributed by atoms with Crippen LogP contribution in [0.25, 0.3) is 0 Å². The Morgan fingerprint density at radius 2 is 1.66 bits per heavy atom. The molecule has 0 radical (unpaired) electrons. The minimum Gasteiger partial charge on any atom is -0.461 e. The van der Waals surface area contributed by atoms with Crippen molar-refractivity contribution in [3.8, 4) is 0 Å². The molecule has 1 amide bonds. The van der Waals surface area contributed by atoms with E-state index in [1.165, 1.54) is 0 Å². The van der Waals surface area contributed by atoms with Crippen molar-refractivity contribution in [2.24, 2.45) is 17.8 Å². The Morgan fingerprint density at radius 1 is 1.03 bits per heavy atom. The standard InChI is InChI=1S/C24H37NO4/c1-17-10-11-18(2)15-21(12-13-26)29-24(28)22(16-20-8-6-5-7-9-20)25(4)23(27)19(3)14-17/h5-9,17-19,21-22,26H,10-16H2,1-4H3/t17-,18?,19-,21+,22-/m0/s1. The minimum absolute atomic E-state index is 0.0132. The van der Waals surface area contributed by atoms with E-state index in [-0.39, 0.29) is 30.5 Å².